The summed E-state index contributed by atoms with van der Waals surface area (Å²) in [6.07, 6.45) is 3.84. The summed E-state index contributed by atoms with van der Waals surface area (Å²) in [5.41, 5.74) is 3.32. The summed E-state index contributed by atoms with van der Waals surface area (Å²) < 4.78 is 19.7. The average Bonchev–Trinajstić information content (AvgIpc) is 3.21. The number of aromatic nitrogens is 3. The number of benzene rings is 1. The van der Waals surface area contributed by atoms with Crippen LogP contribution in [-0.4, -0.2) is 18.8 Å². The Morgan fingerprint density at radius 1 is 1.00 bits per heavy atom. The lowest BCUT2D eigenvalue weighted by molar-refractivity contribution is 0.426. The summed E-state index contributed by atoms with van der Waals surface area (Å²) in [7, 11) is -1.09. The van der Waals surface area contributed by atoms with Gasteiger partial charge in [-0.05, 0) is 12.1 Å². The summed E-state index contributed by atoms with van der Waals surface area (Å²) in [6.45, 7) is 0. The van der Waals surface area contributed by atoms with Crippen LogP contribution in [0.25, 0.3) is 17.0 Å². The molecule has 120 valence electrons. The van der Waals surface area contributed by atoms with Gasteiger partial charge in [0.1, 0.15) is 5.65 Å². The van der Waals surface area contributed by atoms with Gasteiger partial charge >= 0.3 is 0 Å². The Bertz CT molecular complexity index is 959. The quantitative estimate of drug-likeness (QED) is 0.560. The molecule has 6 heteroatoms. The molecule has 0 saturated carbocycles. The zero-order valence-corrected chi connectivity index (χ0v) is 13.6. The molecule has 0 aliphatic carbocycles. The minimum Gasteiger partial charge on any atom is -0.356 e. The monoisotopic (exact) mass is 337 g/mol. The molecule has 3 heterocycles. The lowest BCUT2D eigenvalue weighted by atomic mass is 10.2. The van der Waals surface area contributed by atoms with Gasteiger partial charge in [-0.2, -0.15) is 0 Å². The highest BCUT2D eigenvalue weighted by molar-refractivity contribution is 7.83. The van der Waals surface area contributed by atoms with Gasteiger partial charge < -0.3 is 8.92 Å². The zero-order valence-electron chi connectivity index (χ0n) is 12.8. The first-order valence-electron chi connectivity index (χ1n) is 7.56. The van der Waals surface area contributed by atoms with Gasteiger partial charge in [0.25, 0.3) is 0 Å². The first kappa shape index (κ1) is 14.8. The fraction of sp³-hybridized carbons (Fsp3) is 0.111. The SMILES string of the molecule is O=S(Cc1cc(-c2ccccc2)on1)Cc1cn2ccccc2n1. The number of hydrogen-bond acceptors (Lipinski definition) is 4. The predicted octanol–water partition coefficient (Wildman–Crippen LogP) is 3.44. The first-order valence-corrected chi connectivity index (χ1v) is 9.05. The lowest BCUT2D eigenvalue weighted by Crippen LogP contribution is -1.99. The van der Waals surface area contributed by atoms with Crippen molar-refractivity contribution in [3.8, 4) is 11.3 Å². The van der Waals surface area contributed by atoms with Crippen LogP contribution in [0.1, 0.15) is 11.4 Å². The maximum Gasteiger partial charge on any atom is 0.167 e. The van der Waals surface area contributed by atoms with Crippen molar-refractivity contribution in [3.05, 3.63) is 78.4 Å². The molecule has 0 N–H and O–H groups in total. The minimum atomic E-state index is -1.09. The second-order valence-electron chi connectivity index (χ2n) is 5.48. The zero-order chi connectivity index (χ0) is 16.4. The molecule has 0 amide bonds. The molecule has 0 fully saturated rings. The van der Waals surface area contributed by atoms with Gasteiger partial charge in [-0.3, -0.25) is 4.21 Å². The van der Waals surface area contributed by atoms with E-state index in [-0.39, 0.29) is 0 Å². The average molecular weight is 337 g/mol. The lowest BCUT2D eigenvalue weighted by Gasteiger charge is -1.95. The Kier molecular flexibility index (Phi) is 3.96. The van der Waals surface area contributed by atoms with E-state index in [0.717, 1.165) is 16.9 Å². The van der Waals surface area contributed by atoms with Crippen LogP contribution in [0.2, 0.25) is 0 Å². The third kappa shape index (κ3) is 3.14. The highest BCUT2D eigenvalue weighted by atomic mass is 32.2. The van der Waals surface area contributed by atoms with E-state index < -0.39 is 10.8 Å². The van der Waals surface area contributed by atoms with Crippen LogP contribution in [-0.2, 0) is 22.3 Å². The second kappa shape index (κ2) is 6.41. The fourth-order valence-corrected chi connectivity index (χ4v) is 3.59. The minimum absolute atomic E-state index is 0.351. The highest BCUT2D eigenvalue weighted by Crippen LogP contribution is 2.20. The van der Waals surface area contributed by atoms with Gasteiger partial charge in [-0.1, -0.05) is 41.6 Å². The van der Waals surface area contributed by atoms with Gasteiger partial charge in [-0.25, -0.2) is 4.98 Å². The molecule has 1 atom stereocenters. The van der Waals surface area contributed by atoms with E-state index in [2.05, 4.69) is 10.1 Å². The van der Waals surface area contributed by atoms with Crippen LogP contribution in [0.3, 0.4) is 0 Å². The summed E-state index contributed by atoms with van der Waals surface area (Å²) in [5.74, 6) is 1.44. The molecule has 5 nitrogen and oxygen atoms in total. The molecule has 1 unspecified atom stereocenters. The Balaban J connectivity index is 1.45. The topological polar surface area (TPSA) is 60.4 Å². The first-order chi connectivity index (χ1) is 11.8. The Morgan fingerprint density at radius 3 is 2.62 bits per heavy atom. The number of nitrogens with zero attached hydrogens (tertiary/aromatic N) is 3. The van der Waals surface area contributed by atoms with E-state index in [4.69, 9.17) is 4.52 Å². The third-order valence-corrected chi connectivity index (χ3v) is 4.88. The third-order valence-electron chi connectivity index (χ3n) is 3.65. The predicted molar refractivity (Wildman–Crippen MR) is 92.7 cm³/mol. The molecule has 0 radical (unpaired) electrons. The Morgan fingerprint density at radius 2 is 1.79 bits per heavy atom. The van der Waals surface area contributed by atoms with Gasteiger partial charge in [0.05, 0.1) is 22.9 Å². The van der Waals surface area contributed by atoms with Crippen molar-refractivity contribution in [2.75, 3.05) is 0 Å². The van der Waals surface area contributed by atoms with E-state index >= 15 is 0 Å². The van der Waals surface area contributed by atoms with Crippen molar-refractivity contribution < 1.29 is 8.73 Å². The molecule has 0 aliphatic heterocycles. The molecule has 0 bridgehead atoms. The summed E-state index contributed by atoms with van der Waals surface area (Å²) in [4.78, 5) is 4.47. The van der Waals surface area contributed by atoms with E-state index in [1.54, 1.807) is 0 Å². The molecule has 4 rings (SSSR count). The molecule has 4 aromatic rings. The van der Waals surface area contributed by atoms with Crippen LogP contribution in [0.4, 0.5) is 0 Å². The summed E-state index contributed by atoms with van der Waals surface area (Å²) in [6, 6.07) is 17.4. The Hall–Kier alpha value is -2.73. The normalized spacial score (nSPS) is 12.5. The molecule has 1 aromatic carbocycles. The summed E-state index contributed by atoms with van der Waals surface area (Å²) in [5, 5.41) is 4.02. The van der Waals surface area contributed by atoms with E-state index in [1.165, 1.54) is 0 Å². The van der Waals surface area contributed by atoms with E-state index in [0.29, 0.717) is 23.0 Å². The van der Waals surface area contributed by atoms with Gasteiger partial charge in [0.15, 0.2) is 5.76 Å². The fourth-order valence-electron chi connectivity index (χ4n) is 2.56. The molecular formula is C18H15N3O2S. The number of imidazole rings is 1. The van der Waals surface area contributed by atoms with Crippen LogP contribution in [0, 0.1) is 0 Å². The number of fused-ring (bicyclic) bond motifs is 1. The van der Waals surface area contributed by atoms with E-state index in [9.17, 15) is 4.21 Å². The molecule has 3 aromatic heterocycles. The van der Waals surface area contributed by atoms with Crippen molar-refractivity contribution in [1.29, 1.82) is 0 Å². The smallest absolute Gasteiger partial charge is 0.167 e. The van der Waals surface area contributed by atoms with Crippen molar-refractivity contribution in [2.24, 2.45) is 0 Å². The number of hydrogen-bond donors (Lipinski definition) is 0. The molecular weight excluding hydrogens is 322 g/mol. The standard InChI is InChI=1S/C18H15N3O2S/c22-24(13-16-11-21-9-5-4-8-18(21)19-16)12-15-10-17(23-20-15)14-6-2-1-3-7-14/h1-11H,12-13H2. The molecule has 0 spiro atoms. The van der Waals surface area contributed by atoms with Crippen LogP contribution >= 0.6 is 0 Å². The molecule has 24 heavy (non-hydrogen) atoms. The summed E-state index contributed by atoms with van der Waals surface area (Å²) >= 11 is 0. The second-order valence-corrected chi connectivity index (χ2v) is 6.93. The Labute approximate surface area is 141 Å². The largest absolute Gasteiger partial charge is 0.356 e. The number of pyridine rings is 1. The van der Waals surface area contributed by atoms with Gasteiger partial charge in [0, 0.05) is 34.8 Å². The van der Waals surface area contributed by atoms with Crippen molar-refractivity contribution in [2.45, 2.75) is 11.5 Å². The van der Waals surface area contributed by atoms with Crippen LogP contribution < -0.4 is 0 Å². The van der Waals surface area contributed by atoms with Crippen molar-refractivity contribution in [1.82, 2.24) is 14.5 Å². The van der Waals surface area contributed by atoms with Gasteiger partial charge in [0.2, 0.25) is 0 Å². The van der Waals surface area contributed by atoms with E-state index in [1.807, 2.05) is 71.4 Å². The van der Waals surface area contributed by atoms with Crippen LogP contribution in [0.15, 0.2) is 71.5 Å². The van der Waals surface area contributed by atoms with Gasteiger partial charge in [-0.15, -0.1) is 0 Å². The molecule has 0 saturated heterocycles. The number of rotatable bonds is 5. The maximum atomic E-state index is 12.4. The van der Waals surface area contributed by atoms with Crippen LogP contribution in [0.5, 0.6) is 0 Å². The highest BCUT2D eigenvalue weighted by Gasteiger charge is 2.11. The molecule has 0 aliphatic rings. The maximum absolute atomic E-state index is 12.4. The van der Waals surface area contributed by atoms with Crippen molar-refractivity contribution >= 4 is 16.4 Å². The van der Waals surface area contributed by atoms with Crippen molar-refractivity contribution in [3.63, 3.8) is 0 Å².